The van der Waals surface area contributed by atoms with E-state index in [2.05, 4.69) is 27.5 Å². The molecular formula is C17H27N5O2. The molecule has 2 saturated carbocycles. The number of anilines is 2. The van der Waals surface area contributed by atoms with Gasteiger partial charge in [-0.15, -0.1) is 0 Å². The Morgan fingerprint density at radius 2 is 2.08 bits per heavy atom. The highest BCUT2D eigenvalue weighted by atomic mass is 16.3. The van der Waals surface area contributed by atoms with Gasteiger partial charge < -0.3 is 21.5 Å². The summed E-state index contributed by atoms with van der Waals surface area (Å²) in [6.07, 6.45) is 9.01. The number of carbonyl (C=O) groups is 1. The van der Waals surface area contributed by atoms with Crippen LogP contribution in [0.5, 0.6) is 0 Å². The van der Waals surface area contributed by atoms with Gasteiger partial charge in [-0.05, 0) is 51.4 Å². The molecule has 1 amide bonds. The number of hydrogen-bond donors (Lipinski definition) is 4. The summed E-state index contributed by atoms with van der Waals surface area (Å²) < 4.78 is 0. The maximum absolute atomic E-state index is 11.7. The van der Waals surface area contributed by atoms with Crippen LogP contribution in [0.25, 0.3) is 0 Å². The second kappa shape index (κ2) is 6.93. The van der Waals surface area contributed by atoms with Gasteiger partial charge in [0.05, 0.1) is 11.7 Å². The zero-order valence-corrected chi connectivity index (χ0v) is 14.2. The number of amides is 1. The average molecular weight is 333 g/mol. The smallest absolute Gasteiger partial charge is 0.254 e. The van der Waals surface area contributed by atoms with E-state index in [4.69, 9.17) is 5.73 Å². The zero-order chi connectivity index (χ0) is 17.2. The van der Waals surface area contributed by atoms with Gasteiger partial charge in [-0.25, -0.2) is 4.98 Å². The number of carbonyl (C=O) groups excluding carboxylic acids is 1. The summed E-state index contributed by atoms with van der Waals surface area (Å²) in [7, 11) is 0. The molecule has 132 valence electrons. The van der Waals surface area contributed by atoms with Crippen LogP contribution in [0.15, 0.2) is 6.20 Å². The van der Waals surface area contributed by atoms with Gasteiger partial charge in [-0.3, -0.25) is 4.79 Å². The molecule has 0 saturated heterocycles. The molecule has 1 aromatic rings. The van der Waals surface area contributed by atoms with Gasteiger partial charge in [0, 0.05) is 17.8 Å². The Morgan fingerprint density at radius 3 is 2.62 bits per heavy atom. The lowest BCUT2D eigenvalue weighted by Crippen LogP contribution is -2.45. The minimum Gasteiger partial charge on any atom is -0.393 e. The number of aliphatic hydroxyl groups excluding tert-OH is 1. The Bertz CT molecular complexity index is 589. The van der Waals surface area contributed by atoms with E-state index in [0.29, 0.717) is 17.3 Å². The average Bonchev–Trinajstić information content (AvgIpc) is 2.53. The summed E-state index contributed by atoms with van der Waals surface area (Å²) in [5, 5.41) is 16.4. The molecule has 1 aromatic heterocycles. The van der Waals surface area contributed by atoms with Crippen molar-refractivity contribution in [1.82, 2.24) is 9.97 Å². The van der Waals surface area contributed by atoms with Gasteiger partial charge in [0.25, 0.3) is 5.91 Å². The van der Waals surface area contributed by atoms with Crippen LogP contribution in [-0.2, 0) is 0 Å². The summed E-state index contributed by atoms with van der Waals surface area (Å²) in [4.78, 5) is 20.5. The number of nitrogens with two attached hydrogens (primary N) is 1. The molecule has 0 spiro atoms. The molecule has 0 radical (unpaired) electrons. The normalized spacial score (nSPS) is 25.6. The van der Waals surface area contributed by atoms with Crippen LogP contribution in [0.4, 0.5) is 11.8 Å². The lowest BCUT2D eigenvalue weighted by molar-refractivity contribution is 0.1000. The van der Waals surface area contributed by atoms with Crippen molar-refractivity contribution in [1.29, 1.82) is 0 Å². The largest absolute Gasteiger partial charge is 0.393 e. The number of primary amides is 1. The second-order valence-electron chi connectivity index (χ2n) is 7.08. The quantitative estimate of drug-likeness (QED) is 0.633. The van der Waals surface area contributed by atoms with Crippen molar-refractivity contribution in [3.63, 3.8) is 0 Å². The van der Waals surface area contributed by atoms with E-state index in [1.165, 1.54) is 12.6 Å². The van der Waals surface area contributed by atoms with E-state index in [-0.39, 0.29) is 17.7 Å². The predicted molar refractivity (Wildman–Crippen MR) is 92.9 cm³/mol. The maximum atomic E-state index is 11.7. The third-order valence-corrected chi connectivity index (χ3v) is 5.46. The summed E-state index contributed by atoms with van der Waals surface area (Å²) >= 11 is 0. The van der Waals surface area contributed by atoms with Crippen molar-refractivity contribution in [3.05, 3.63) is 11.8 Å². The number of nitrogens with one attached hydrogen (secondary N) is 2. The molecular weight excluding hydrogens is 306 g/mol. The molecule has 0 bridgehead atoms. The molecule has 0 aliphatic heterocycles. The van der Waals surface area contributed by atoms with Gasteiger partial charge in [0.15, 0.2) is 0 Å². The summed E-state index contributed by atoms with van der Waals surface area (Å²) in [5.41, 5.74) is 5.83. The molecule has 7 heteroatoms. The van der Waals surface area contributed by atoms with Crippen LogP contribution in [0, 0.1) is 0 Å². The number of rotatable bonds is 6. The zero-order valence-electron chi connectivity index (χ0n) is 14.2. The number of aromatic nitrogens is 2. The van der Waals surface area contributed by atoms with Crippen LogP contribution in [-0.4, -0.2) is 38.7 Å². The van der Waals surface area contributed by atoms with Crippen molar-refractivity contribution in [2.24, 2.45) is 5.73 Å². The first-order chi connectivity index (χ1) is 11.5. The van der Waals surface area contributed by atoms with E-state index in [1.807, 2.05) is 0 Å². The number of hydrogen-bond acceptors (Lipinski definition) is 6. The third kappa shape index (κ3) is 3.61. The fourth-order valence-electron chi connectivity index (χ4n) is 3.55. The summed E-state index contributed by atoms with van der Waals surface area (Å²) in [6.45, 7) is 2.14. The topological polar surface area (TPSA) is 113 Å². The molecule has 0 aromatic carbocycles. The second-order valence-corrected chi connectivity index (χ2v) is 7.08. The maximum Gasteiger partial charge on any atom is 0.254 e. The lowest BCUT2D eigenvalue weighted by atomic mass is 9.75. The van der Waals surface area contributed by atoms with E-state index in [9.17, 15) is 9.90 Å². The third-order valence-electron chi connectivity index (χ3n) is 5.46. The standard InChI is InChI=1S/C17H27N5O2/c1-2-17(8-3-9-17)22-15-13(14(18)24)10-19-16(21-15)20-11-4-6-12(23)7-5-11/h10-12,23H,2-9H2,1H3,(H2,18,24)(H2,19,20,21,22)/t11-,12-. The molecule has 2 aliphatic rings. The van der Waals surface area contributed by atoms with Crippen LogP contribution in [0.1, 0.15) is 68.6 Å². The highest BCUT2D eigenvalue weighted by Crippen LogP contribution is 2.38. The van der Waals surface area contributed by atoms with Crippen molar-refractivity contribution in [2.75, 3.05) is 10.6 Å². The summed E-state index contributed by atoms with van der Waals surface area (Å²) in [6, 6.07) is 0.254. The van der Waals surface area contributed by atoms with Crippen molar-refractivity contribution >= 4 is 17.7 Å². The molecule has 0 unspecified atom stereocenters. The number of aliphatic hydroxyl groups is 1. The Hall–Kier alpha value is -1.89. The van der Waals surface area contributed by atoms with Crippen molar-refractivity contribution in [2.45, 2.75) is 76.0 Å². The molecule has 5 N–H and O–H groups in total. The van der Waals surface area contributed by atoms with Crippen LogP contribution in [0.2, 0.25) is 0 Å². The Morgan fingerprint density at radius 1 is 1.38 bits per heavy atom. The fourth-order valence-corrected chi connectivity index (χ4v) is 3.55. The first kappa shape index (κ1) is 17.0. The minimum atomic E-state index is -0.518. The highest BCUT2D eigenvalue weighted by molar-refractivity contribution is 5.97. The van der Waals surface area contributed by atoms with E-state index in [0.717, 1.165) is 44.9 Å². The van der Waals surface area contributed by atoms with Gasteiger partial charge in [-0.1, -0.05) is 6.92 Å². The fraction of sp³-hybridized carbons (Fsp3) is 0.706. The summed E-state index contributed by atoms with van der Waals surface area (Å²) in [5.74, 6) is 0.516. The van der Waals surface area contributed by atoms with Crippen molar-refractivity contribution in [3.8, 4) is 0 Å². The monoisotopic (exact) mass is 333 g/mol. The van der Waals surface area contributed by atoms with Gasteiger partial charge in [0.2, 0.25) is 5.95 Å². The lowest BCUT2D eigenvalue weighted by Gasteiger charge is -2.42. The predicted octanol–water partition coefficient (Wildman–Crippen LogP) is 2.04. The van der Waals surface area contributed by atoms with E-state index in [1.54, 1.807) is 0 Å². The first-order valence-corrected chi connectivity index (χ1v) is 8.91. The Labute approximate surface area is 142 Å². The molecule has 1 heterocycles. The van der Waals surface area contributed by atoms with Crippen LogP contribution in [0.3, 0.4) is 0 Å². The van der Waals surface area contributed by atoms with Crippen LogP contribution < -0.4 is 16.4 Å². The SMILES string of the molecule is CCC1(Nc2nc(N[C@H]3CC[C@H](O)CC3)ncc2C(N)=O)CCC1. The minimum absolute atomic E-state index is 0.0186. The molecule has 3 rings (SSSR count). The van der Waals surface area contributed by atoms with Crippen LogP contribution >= 0.6 is 0 Å². The molecule has 7 nitrogen and oxygen atoms in total. The number of nitrogens with zero attached hydrogens (tertiary/aromatic N) is 2. The molecule has 24 heavy (non-hydrogen) atoms. The van der Waals surface area contributed by atoms with E-state index >= 15 is 0 Å². The Kier molecular flexibility index (Phi) is 4.89. The van der Waals surface area contributed by atoms with E-state index < -0.39 is 5.91 Å². The first-order valence-electron chi connectivity index (χ1n) is 8.91. The molecule has 0 atom stereocenters. The van der Waals surface area contributed by atoms with Gasteiger partial charge in [-0.2, -0.15) is 4.98 Å². The Balaban J connectivity index is 1.76. The molecule has 2 fully saturated rings. The van der Waals surface area contributed by atoms with Gasteiger partial charge >= 0.3 is 0 Å². The van der Waals surface area contributed by atoms with Crippen molar-refractivity contribution < 1.29 is 9.90 Å². The van der Waals surface area contributed by atoms with Gasteiger partial charge in [0.1, 0.15) is 5.82 Å². The highest BCUT2D eigenvalue weighted by Gasteiger charge is 2.36. The molecule has 2 aliphatic carbocycles.